The second-order valence-corrected chi connectivity index (χ2v) is 9.24. The highest BCUT2D eigenvalue weighted by Crippen LogP contribution is 2.11. The highest BCUT2D eigenvalue weighted by atomic mass is 33.1. The van der Waals surface area contributed by atoms with Gasteiger partial charge in [0.1, 0.15) is 0 Å². The molecule has 0 aromatic carbocycles. The van der Waals surface area contributed by atoms with E-state index in [2.05, 4.69) is 0 Å². The van der Waals surface area contributed by atoms with Gasteiger partial charge in [0.15, 0.2) is 9.84 Å². The van der Waals surface area contributed by atoms with Crippen LogP contribution in [-0.2, 0) is 19.0 Å². The molecule has 0 atom stereocenters. The lowest BCUT2D eigenvalue weighted by atomic mass is 10.2. The van der Waals surface area contributed by atoms with Crippen LogP contribution < -0.4 is 0 Å². The molecule has 0 amide bonds. The van der Waals surface area contributed by atoms with Crippen LogP contribution >= 0.6 is 10.8 Å². The zero-order valence-electron chi connectivity index (χ0n) is 9.25. The summed E-state index contributed by atoms with van der Waals surface area (Å²) in [6.45, 7) is 2.04. The predicted octanol–water partition coefficient (Wildman–Crippen LogP) is 1.52. The van der Waals surface area contributed by atoms with Crippen molar-refractivity contribution in [2.75, 3.05) is 17.3 Å². The van der Waals surface area contributed by atoms with Crippen LogP contribution in [0.4, 0.5) is 0 Å². The summed E-state index contributed by atoms with van der Waals surface area (Å²) in [5.41, 5.74) is 0. The van der Waals surface area contributed by atoms with Crippen molar-refractivity contribution in [1.29, 1.82) is 0 Å². The van der Waals surface area contributed by atoms with Crippen molar-refractivity contribution in [2.24, 2.45) is 0 Å². The second-order valence-electron chi connectivity index (χ2n) is 3.46. The fourth-order valence-electron chi connectivity index (χ4n) is 1.12. The fraction of sp³-hybridized carbons (Fsp3) is 1.00. The Balaban J connectivity index is 3.80. The molecule has 0 fully saturated rings. The summed E-state index contributed by atoms with van der Waals surface area (Å²) in [7, 11) is -7.05. The molecule has 0 aliphatic heterocycles. The third-order valence-corrected chi connectivity index (χ3v) is 5.99. The third-order valence-electron chi connectivity index (χ3n) is 1.94. The van der Waals surface area contributed by atoms with Crippen molar-refractivity contribution in [3.05, 3.63) is 0 Å². The first-order valence-electron chi connectivity index (χ1n) is 5.09. The summed E-state index contributed by atoms with van der Waals surface area (Å²) in [4.78, 5) is 0. The number of unbranched alkanes of at least 4 members (excludes halogenated alkanes) is 3. The van der Waals surface area contributed by atoms with Crippen LogP contribution in [0.5, 0.6) is 0 Å². The Bertz CT molecular complexity index is 370. The minimum absolute atomic E-state index is 0.0963. The Morgan fingerprint density at radius 2 is 1.62 bits per heavy atom. The number of sulfone groups is 1. The molecule has 16 heavy (non-hydrogen) atoms. The van der Waals surface area contributed by atoms with Crippen LogP contribution in [0.1, 0.15) is 32.6 Å². The lowest BCUT2D eigenvalue weighted by Crippen LogP contribution is -2.13. The molecule has 0 aliphatic carbocycles. The van der Waals surface area contributed by atoms with Crippen LogP contribution in [-0.4, -0.2) is 38.6 Å². The van der Waals surface area contributed by atoms with Crippen molar-refractivity contribution >= 4 is 29.8 Å². The van der Waals surface area contributed by atoms with E-state index in [0.717, 1.165) is 19.3 Å². The topological polar surface area (TPSA) is 88.5 Å². The Morgan fingerprint density at radius 3 is 2.12 bits per heavy atom. The molecule has 0 aliphatic rings. The van der Waals surface area contributed by atoms with Gasteiger partial charge in [-0.15, -0.1) is 0 Å². The van der Waals surface area contributed by atoms with Gasteiger partial charge < -0.3 is 0 Å². The van der Waals surface area contributed by atoms with Gasteiger partial charge in [0.25, 0.3) is 0 Å². The highest BCUT2D eigenvalue weighted by Gasteiger charge is 2.13. The van der Waals surface area contributed by atoms with Crippen molar-refractivity contribution in [3.8, 4) is 0 Å². The van der Waals surface area contributed by atoms with Gasteiger partial charge in [-0.1, -0.05) is 26.2 Å². The zero-order chi connectivity index (χ0) is 12.7. The van der Waals surface area contributed by atoms with E-state index in [9.17, 15) is 16.8 Å². The van der Waals surface area contributed by atoms with Crippen LogP contribution in [0, 0.1) is 0 Å². The summed E-state index contributed by atoms with van der Waals surface area (Å²) >= 11 is 0. The molecular formula is C8H18O5S3. The average molecular weight is 290 g/mol. The van der Waals surface area contributed by atoms with Crippen molar-refractivity contribution in [2.45, 2.75) is 32.6 Å². The summed E-state index contributed by atoms with van der Waals surface area (Å²) in [5, 5.41) is 0. The van der Waals surface area contributed by atoms with Crippen LogP contribution in [0.25, 0.3) is 0 Å². The van der Waals surface area contributed by atoms with Gasteiger partial charge >= 0.3 is 9.15 Å². The van der Waals surface area contributed by atoms with E-state index in [-0.39, 0.29) is 28.1 Å². The largest absolute Gasteiger partial charge is 0.319 e. The van der Waals surface area contributed by atoms with Gasteiger partial charge in [-0.25, -0.2) is 8.42 Å². The molecule has 5 nitrogen and oxygen atoms in total. The molecule has 0 saturated carbocycles. The molecule has 0 aromatic heterocycles. The molecule has 1 N–H and O–H groups in total. The molecule has 0 aromatic rings. The first kappa shape index (κ1) is 16.2. The van der Waals surface area contributed by atoms with E-state index >= 15 is 0 Å². The van der Waals surface area contributed by atoms with E-state index in [4.69, 9.17) is 4.55 Å². The van der Waals surface area contributed by atoms with E-state index in [1.54, 1.807) is 0 Å². The Labute approximate surface area is 101 Å². The van der Waals surface area contributed by atoms with Gasteiger partial charge in [0.05, 0.1) is 11.5 Å². The number of hydrogen-bond acceptors (Lipinski definition) is 5. The molecule has 0 saturated heterocycles. The standard InChI is InChI=1S/C8H18O5S3/c1-2-3-4-5-7-15(9,10)8-6-14-16(11,12)13/h2-8H2,1H3,(H,11,12,13). The monoisotopic (exact) mass is 290 g/mol. The summed E-state index contributed by atoms with van der Waals surface area (Å²) < 4.78 is 51.9. The van der Waals surface area contributed by atoms with Crippen LogP contribution in [0.15, 0.2) is 0 Å². The van der Waals surface area contributed by atoms with Crippen LogP contribution in [0.3, 0.4) is 0 Å². The quantitative estimate of drug-likeness (QED) is 0.393. The third kappa shape index (κ3) is 10.7. The van der Waals surface area contributed by atoms with Crippen molar-refractivity contribution in [1.82, 2.24) is 0 Å². The molecular weight excluding hydrogens is 272 g/mol. The van der Waals surface area contributed by atoms with E-state index in [1.165, 1.54) is 0 Å². The maximum absolute atomic E-state index is 11.4. The molecule has 0 unspecified atom stereocenters. The lowest BCUT2D eigenvalue weighted by molar-refractivity contribution is 0.503. The Morgan fingerprint density at radius 1 is 1.00 bits per heavy atom. The Kier molecular flexibility index (Phi) is 7.62. The zero-order valence-corrected chi connectivity index (χ0v) is 11.7. The van der Waals surface area contributed by atoms with E-state index in [0.29, 0.717) is 6.42 Å². The fourth-order valence-corrected chi connectivity index (χ4v) is 4.71. The second kappa shape index (κ2) is 7.52. The minimum atomic E-state index is -4.12. The SMILES string of the molecule is CCCCCCS(=O)(=O)CCSS(=O)(=O)O. The van der Waals surface area contributed by atoms with E-state index < -0.39 is 19.0 Å². The first-order valence-corrected chi connectivity index (χ1v) is 9.85. The maximum Gasteiger partial charge on any atom is 0.319 e. The Hall–Kier alpha value is 0.210. The van der Waals surface area contributed by atoms with Gasteiger partial charge in [-0.05, 0) is 17.2 Å². The van der Waals surface area contributed by atoms with Gasteiger partial charge in [0, 0.05) is 5.75 Å². The van der Waals surface area contributed by atoms with Crippen molar-refractivity contribution in [3.63, 3.8) is 0 Å². The highest BCUT2D eigenvalue weighted by molar-refractivity contribution is 8.70. The summed E-state index contributed by atoms with van der Waals surface area (Å²) in [5.74, 6) is -0.225. The predicted molar refractivity (Wildman–Crippen MR) is 66.8 cm³/mol. The minimum Gasteiger partial charge on any atom is -0.277 e. The van der Waals surface area contributed by atoms with Gasteiger partial charge in [-0.2, -0.15) is 8.42 Å². The molecule has 98 valence electrons. The molecule has 0 bridgehead atoms. The molecule has 8 heteroatoms. The molecule has 0 heterocycles. The first-order chi connectivity index (χ1) is 7.27. The molecule has 0 spiro atoms. The average Bonchev–Trinajstić information content (AvgIpc) is 2.10. The van der Waals surface area contributed by atoms with Crippen molar-refractivity contribution < 1.29 is 21.4 Å². The maximum atomic E-state index is 11.4. The van der Waals surface area contributed by atoms with Crippen LogP contribution in [0.2, 0.25) is 0 Å². The number of hydrogen-bond donors (Lipinski definition) is 1. The van der Waals surface area contributed by atoms with Gasteiger partial charge in [0.2, 0.25) is 0 Å². The van der Waals surface area contributed by atoms with E-state index in [1.807, 2.05) is 6.92 Å². The molecule has 0 radical (unpaired) electrons. The smallest absolute Gasteiger partial charge is 0.277 e. The lowest BCUT2D eigenvalue weighted by Gasteiger charge is -2.02. The summed E-state index contributed by atoms with van der Waals surface area (Å²) in [6.07, 6.45) is 3.54. The van der Waals surface area contributed by atoms with Gasteiger partial charge in [-0.3, -0.25) is 4.55 Å². The normalized spacial score (nSPS) is 12.9. The summed E-state index contributed by atoms with van der Waals surface area (Å²) in [6, 6.07) is 0. The number of rotatable bonds is 9. The molecule has 0 rings (SSSR count).